The molecule has 1 aromatic heterocycles. The van der Waals surface area contributed by atoms with E-state index in [-0.39, 0.29) is 6.42 Å². The number of hydrogen-bond donors (Lipinski definition) is 0. The van der Waals surface area contributed by atoms with E-state index in [0.29, 0.717) is 18.3 Å². The molecular formula is C11H16F3N3O. The summed E-state index contributed by atoms with van der Waals surface area (Å²) in [5, 5.41) is 3.95. The van der Waals surface area contributed by atoms with Crippen LogP contribution >= 0.6 is 0 Å². The standard InChI is InChI=1S/C11H16F3N3O/c1-8(2)6-17-10(15-7-16-17)5-9(18)3-4-11(12,13)14/h7-8H,3-6H2,1-2H3. The van der Waals surface area contributed by atoms with Gasteiger partial charge in [0.2, 0.25) is 0 Å². The van der Waals surface area contributed by atoms with Crippen LogP contribution in [0.2, 0.25) is 0 Å². The van der Waals surface area contributed by atoms with Gasteiger partial charge in [-0.2, -0.15) is 18.3 Å². The molecule has 0 bridgehead atoms. The second kappa shape index (κ2) is 5.97. The highest BCUT2D eigenvalue weighted by Crippen LogP contribution is 2.21. The van der Waals surface area contributed by atoms with Crippen LogP contribution in [0.15, 0.2) is 6.33 Å². The number of hydrogen-bond acceptors (Lipinski definition) is 3. The quantitative estimate of drug-likeness (QED) is 0.791. The Morgan fingerprint density at radius 1 is 1.44 bits per heavy atom. The molecule has 18 heavy (non-hydrogen) atoms. The van der Waals surface area contributed by atoms with Crippen molar-refractivity contribution >= 4 is 5.78 Å². The van der Waals surface area contributed by atoms with Gasteiger partial charge in [-0.3, -0.25) is 4.79 Å². The smallest absolute Gasteiger partial charge is 0.299 e. The largest absolute Gasteiger partial charge is 0.389 e. The fourth-order valence-electron chi connectivity index (χ4n) is 1.47. The van der Waals surface area contributed by atoms with Gasteiger partial charge >= 0.3 is 6.18 Å². The van der Waals surface area contributed by atoms with Gasteiger partial charge in [0, 0.05) is 13.0 Å². The zero-order valence-corrected chi connectivity index (χ0v) is 10.4. The van der Waals surface area contributed by atoms with E-state index in [0.717, 1.165) is 0 Å². The van der Waals surface area contributed by atoms with E-state index < -0.39 is 24.8 Å². The van der Waals surface area contributed by atoms with Crippen LogP contribution in [0.25, 0.3) is 0 Å². The van der Waals surface area contributed by atoms with Crippen LogP contribution in [-0.4, -0.2) is 26.7 Å². The third kappa shape index (κ3) is 5.29. The average molecular weight is 263 g/mol. The van der Waals surface area contributed by atoms with Crippen molar-refractivity contribution in [3.05, 3.63) is 12.2 Å². The summed E-state index contributed by atoms with van der Waals surface area (Å²) in [5.74, 6) is 0.289. The highest BCUT2D eigenvalue weighted by atomic mass is 19.4. The van der Waals surface area contributed by atoms with Crippen LogP contribution in [0.4, 0.5) is 13.2 Å². The van der Waals surface area contributed by atoms with Gasteiger partial charge in [0.15, 0.2) is 0 Å². The zero-order valence-electron chi connectivity index (χ0n) is 10.4. The van der Waals surface area contributed by atoms with Crippen molar-refractivity contribution in [3.63, 3.8) is 0 Å². The molecule has 4 nitrogen and oxygen atoms in total. The molecule has 0 spiro atoms. The van der Waals surface area contributed by atoms with Crippen LogP contribution in [0.5, 0.6) is 0 Å². The van der Waals surface area contributed by atoms with Crippen molar-refractivity contribution in [2.45, 2.75) is 45.8 Å². The molecular weight excluding hydrogens is 247 g/mol. The van der Waals surface area contributed by atoms with Crippen molar-refractivity contribution in [1.82, 2.24) is 14.8 Å². The highest BCUT2D eigenvalue weighted by Gasteiger charge is 2.28. The Morgan fingerprint density at radius 3 is 2.67 bits per heavy atom. The van der Waals surface area contributed by atoms with Crippen molar-refractivity contribution in [3.8, 4) is 0 Å². The first-order valence-electron chi connectivity index (χ1n) is 5.73. The molecule has 0 aliphatic rings. The van der Waals surface area contributed by atoms with E-state index in [4.69, 9.17) is 0 Å². The van der Waals surface area contributed by atoms with Crippen LogP contribution in [0, 0.1) is 5.92 Å². The number of rotatable bonds is 6. The van der Waals surface area contributed by atoms with Crippen LogP contribution in [0.3, 0.4) is 0 Å². The number of Topliss-reactive ketones (excluding diaryl/α,β-unsaturated/α-hetero) is 1. The normalized spacial score (nSPS) is 12.1. The van der Waals surface area contributed by atoms with E-state index in [2.05, 4.69) is 10.1 Å². The summed E-state index contributed by atoms with van der Waals surface area (Å²) in [6, 6.07) is 0. The molecule has 0 saturated heterocycles. The first kappa shape index (κ1) is 14.7. The molecule has 0 fully saturated rings. The summed E-state index contributed by atoms with van der Waals surface area (Å²) in [6.45, 7) is 4.57. The van der Waals surface area contributed by atoms with E-state index in [1.165, 1.54) is 6.33 Å². The lowest BCUT2D eigenvalue weighted by Crippen LogP contribution is -2.16. The Labute approximate surface area is 103 Å². The van der Waals surface area contributed by atoms with Gasteiger partial charge in [-0.25, -0.2) is 9.67 Å². The summed E-state index contributed by atoms with van der Waals surface area (Å²) in [6.07, 6.45) is -4.65. The maximum absolute atomic E-state index is 12.0. The van der Waals surface area contributed by atoms with Gasteiger partial charge in [-0.15, -0.1) is 0 Å². The van der Waals surface area contributed by atoms with Crippen LogP contribution in [0.1, 0.15) is 32.5 Å². The summed E-state index contributed by atoms with van der Waals surface area (Å²) in [7, 11) is 0. The Hall–Kier alpha value is -1.40. The fourth-order valence-corrected chi connectivity index (χ4v) is 1.47. The van der Waals surface area contributed by atoms with Gasteiger partial charge in [0.25, 0.3) is 0 Å². The van der Waals surface area contributed by atoms with Crippen molar-refractivity contribution in [1.29, 1.82) is 0 Å². The molecule has 0 radical (unpaired) electrons. The Kier molecular flexibility index (Phi) is 4.86. The van der Waals surface area contributed by atoms with Crippen molar-refractivity contribution in [2.75, 3.05) is 0 Å². The lowest BCUT2D eigenvalue weighted by molar-refractivity contribution is -0.143. The molecule has 1 heterocycles. The van der Waals surface area contributed by atoms with Crippen molar-refractivity contribution in [2.24, 2.45) is 5.92 Å². The molecule has 0 saturated carbocycles. The molecule has 7 heteroatoms. The van der Waals surface area contributed by atoms with Gasteiger partial charge < -0.3 is 0 Å². The SMILES string of the molecule is CC(C)Cn1ncnc1CC(=O)CCC(F)(F)F. The fraction of sp³-hybridized carbons (Fsp3) is 0.727. The molecule has 1 aromatic rings. The highest BCUT2D eigenvalue weighted by molar-refractivity contribution is 5.80. The molecule has 0 amide bonds. The first-order valence-corrected chi connectivity index (χ1v) is 5.73. The van der Waals surface area contributed by atoms with Crippen molar-refractivity contribution < 1.29 is 18.0 Å². The number of aromatic nitrogens is 3. The summed E-state index contributed by atoms with van der Waals surface area (Å²) < 4.78 is 37.4. The van der Waals surface area contributed by atoms with Crippen LogP contribution in [-0.2, 0) is 17.8 Å². The summed E-state index contributed by atoms with van der Waals surface area (Å²) in [4.78, 5) is 15.3. The maximum Gasteiger partial charge on any atom is 0.389 e. The minimum absolute atomic E-state index is 0.0944. The second-order valence-electron chi connectivity index (χ2n) is 4.58. The van der Waals surface area contributed by atoms with E-state index in [1.807, 2.05) is 13.8 Å². The lowest BCUT2D eigenvalue weighted by Gasteiger charge is -2.08. The minimum atomic E-state index is -4.29. The number of nitrogens with zero attached hydrogens (tertiary/aromatic N) is 3. The van der Waals surface area contributed by atoms with E-state index in [9.17, 15) is 18.0 Å². The number of carbonyl (C=O) groups is 1. The number of halogens is 3. The summed E-state index contributed by atoms with van der Waals surface area (Å²) >= 11 is 0. The van der Waals surface area contributed by atoms with Gasteiger partial charge in [-0.05, 0) is 5.92 Å². The Balaban J connectivity index is 2.52. The molecule has 102 valence electrons. The topological polar surface area (TPSA) is 47.8 Å². The number of carbonyl (C=O) groups excluding carboxylic acids is 1. The second-order valence-corrected chi connectivity index (χ2v) is 4.58. The molecule has 1 rings (SSSR count). The molecule has 0 unspecified atom stereocenters. The predicted octanol–water partition coefficient (Wildman–Crippen LogP) is 2.39. The first-order chi connectivity index (χ1) is 8.28. The molecule has 0 aromatic carbocycles. The molecule has 0 aliphatic carbocycles. The van der Waals surface area contributed by atoms with E-state index >= 15 is 0 Å². The molecule has 0 N–H and O–H groups in total. The lowest BCUT2D eigenvalue weighted by atomic mass is 10.1. The van der Waals surface area contributed by atoms with Gasteiger partial charge in [0.05, 0.1) is 12.8 Å². The Bertz CT molecular complexity index is 398. The van der Waals surface area contributed by atoms with Gasteiger partial charge in [0.1, 0.15) is 17.9 Å². The molecule has 0 aliphatic heterocycles. The predicted molar refractivity (Wildman–Crippen MR) is 58.9 cm³/mol. The molecule has 0 atom stereocenters. The van der Waals surface area contributed by atoms with Gasteiger partial charge in [-0.1, -0.05) is 13.8 Å². The third-order valence-electron chi connectivity index (χ3n) is 2.28. The third-order valence-corrected chi connectivity index (χ3v) is 2.28. The Morgan fingerprint density at radius 2 is 2.11 bits per heavy atom. The van der Waals surface area contributed by atoms with E-state index in [1.54, 1.807) is 4.68 Å². The van der Waals surface area contributed by atoms with Crippen LogP contribution < -0.4 is 0 Å². The maximum atomic E-state index is 12.0. The minimum Gasteiger partial charge on any atom is -0.299 e. The monoisotopic (exact) mass is 263 g/mol. The average Bonchev–Trinajstić information content (AvgIpc) is 2.61. The zero-order chi connectivity index (χ0) is 13.8. The number of alkyl halides is 3. The summed E-state index contributed by atoms with van der Waals surface area (Å²) in [5.41, 5.74) is 0. The number of ketones is 1.